The SMILES string of the molecule is C/C(=C\[C@H](C(C)C)N(C)C(=O)[C@@H](NC(=O)[C@@H](N(C)C(=O)OC(C)(C)C)C(C)(C)c1ccccc1)C(C)(C)C)C(=O)NS(=O)(=O)Cc1ccc(C2(NC(=O)[C@@H](CCCNC(N)=O)NC(=O)[C@H](NC(=O)OCC3c4ccccc4-c4ccccc43)C(C)C)CC2)cc1. The minimum Gasteiger partial charge on any atom is -0.449 e. The summed E-state index contributed by atoms with van der Waals surface area (Å²) in [5.74, 6) is -4.63. The van der Waals surface area contributed by atoms with Gasteiger partial charge < -0.3 is 46.7 Å². The van der Waals surface area contributed by atoms with Crippen molar-refractivity contribution in [2.24, 2.45) is 23.0 Å². The molecule has 1 fully saturated rings. The average Bonchev–Trinajstić information content (AvgIpc) is 1.55. The van der Waals surface area contributed by atoms with E-state index in [9.17, 15) is 46.8 Å². The van der Waals surface area contributed by atoms with Crippen LogP contribution in [0.15, 0.2) is 115 Å². The molecule has 0 unspecified atom stereocenters. The van der Waals surface area contributed by atoms with E-state index in [1.54, 1.807) is 86.7 Å². The van der Waals surface area contributed by atoms with Gasteiger partial charge in [0.05, 0.1) is 17.3 Å². The second kappa shape index (κ2) is 29.1. The third-order valence-corrected chi connectivity index (χ3v) is 17.8. The Balaban J connectivity index is 1.09. The highest BCUT2D eigenvalue weighted by atomic mass is 32.2. The largest absolute Gasteiger partial charge is 0.449 e. The van der Waals surface area contributed by atoms with Gasteiger partial charge in [-0.1, -0.05) is 172 Å². The number of fused-ring (bicyclic) bond motifs is 3. The first kappa shape index (κ1) is 70.8. The maximum absolute atomic E-state index is 14.7. The first-order chi connectivity index (χ1) is 42.0. The average molecular weight is 1260 g/mol. The smallest absolute Gasteiger partial charge is 0.410 e. The summed E-state index contributed by atoms with van der Waals surface area (Å²) in [4.78, 5) is 113. The quantitative estimate of drug-likeness (QED) is 0.0230. The van der Waals surface area contributed by atoms with Crippen LogP contribution < -0.4 is 37.0 Å². The van der Waals surface area contributed by atoms with Crippen molar-refractivity contribution in [1.82, 2.24) is 41.1 Å². The zero-order valence-corrected chi connectivity index (χ0v) is 55.6. The van der Waals surface area contributed by atoms with Gasteiger partial charge in [-0.25, -0.2) is 27.5 Å². The maximum atomic E-state index is 14.7. The van der Waals surface area contributed by atoms with Crippen LogP contribution in [0.25, 0.3) is 11.1 Å². The fourth-order valence-electron chi connectivity index (χ4n) is 11.4. The Kier molecular flexibility index (Phi) is 22.9. The fraction of sp³-hybridized carbons (Fsp3) is 0.500. The van der Waals surface area contributed by atoms with Crippen LogP contribution in [-0.2, 0) is 60.2 Å². The summed E-state index contributed by atoms with van der Waals surface area (Å²) in [6.07, 6.45) is 1.42. The molecule has 488 valence electrons. The van der Waals surface area contributed by atoms with Gasteiger partial charge in [0, 0.05) is 37.5 Å². The second-order valence-electron chi connectivity index (χ2n) is 27.1. The molecule has 0 aliphatic heterocycles. The van der Waals surface area contributed by atoms with Crippen molar-refractivity contribution in [3.05, 3.63) is 143 Å². The predicted octanol–water partition coefficient (Wildman–Crippen LogP) is 8.41. The van der Waals surface area contributed by atoms with E-state index >= 15 is 0 Å². The van der Waals surface area contributed by atoms with Crippen LogP contribution in [0, 0.1) is 17.3 Å². The van der Waals surface area contributed by atoms with Crippen molar-refractivity contribution in [1.29, 1.82) is 0 Å². The van der Waals surface area contributed by atoms with E-state index in [4.69, 9.17) is 15.2 Å². The Morgan fingerprint density at radius 1 is 0.711 bits per heavy atom. The minimum atomic E-state index is -4.31. The van der Waals surface area contributed by atoms with Gasteiger partial charge in [-0.15, -0.1) is 0 Å². The van der Waals surface area contributed by atoms with E-state index in [1.807, 2.05) is 107 Å². The number of sulfonamides is 1. The van der Waals surface area contributed by atoms with Gasteiger partial charge in [-0.2, -0.15) is 0 Å². The van der Waals surface area contributed by atoms with E-state index in [0.717, 1.165) is 27.8 Å². The van der Waals surface area contributed by atoms with Crippen LogP contribution in [-0.4, -0.2) is 129 Å². The molecule has 8 N–H and O–H groups in total. The number of nitrogens with two attached hydrogens (primary N) is 1. The van der Waals surface area contributed by atoms with E-state index in [0.29, 0.717) is 24.0 Å². The molecule has 0 spiro atoms. The number of likely N-dealkylation sites (N-methyl/N-ethyl adjacent to an activating group) is 2. The monoisotopic (exact) mass is 1260 g/mol. The van der Waals surface area contributed by atoms with Crippen molar-refractivity contribution in [2.45, 2.75) is 174 Å². The molecule has 0 saturated heterocycles. The van der Waals surface area contributed by atoms with Gasteiger partial charge in [0.25, 0.3) is 5.91 Å². The first-order valence-electron chi connectivity index (χ1n) is 30.6. The number of urea groups is 1. The van der Waals surface area contributed by atoms with Crippen LogP contribution >= 0.6 is 0 Å². The second-order valence-corrected chi connectivity index (χ2v) is 28.8. The molecule has 5 atom stereocenters. The summed E-state index contributed by atoms with van der Waals surface area (Å²) in [5, 5.41) is 14.1. The third-order valence-electron chi connectivity index (χ3n) is 16.6. The van der Waals surface area contributed by atoms with Crippen LogP contribution in [0.4, 0.5) is 14.4 Å². The molecule has 6 rings (SSSR count). The van der Waals surface area contributed by atoms with Crippen molar-refractivity contribution in [3.8, 4) is 11.1 Å². The highest BCUT2D eigenvalue weighted by molar-refractivity contribution is 7.89. The van der Waals surface area contributed by atoms with Crippen LogP contribution in [0.3, 0.4) is 0 Å². The Morgan fingerprint density at radius 2 is 1.28 bits per heavy atom. The van der Waals surface area contributed by atoms with E-state index in [2.05, 4.69) is 31.3 Å². The molecular weight excluding hydrogens is 1170 g/mol. The first-order valence-corrected chi connectivity index (χ1v) is 32.3. The van der Waals surface area contributed by atoms with Gasteiger partial charge in [-0.3, -0.25) is 28.9 Å². The van der Waals surface area contributed by atoms with Gasteiger partial charge in [-0.05, 0) is 110 Å². The summed E-state index contributed by atoms with van der Waals surface area (Å²) in [6, 6.07) is 25.7. The number of rotatable bonds is 26. The number of alkyl carbamates (subject to hydrolysis) is 1. The van der Waals surface area contributed by atoms with Crippen LogP contribution in [0.2, 0.25) is 0 Å². The molecule has 21 nitrogen and oxygen atoms in total. The number of hydrogen-bond acceptors (Lipinski definition) is 12. The van der Waals surface area contributed by atoms with E-state index < -0.39 is 122 Å². The van der Waals surface area contributed by atoms with E-state index in [1.165, 1.54) is 29.8 Å². The highest BCUT2D eigenvalue weighted by Crippen LogP contribution is 2.46. The molecule has 1 saturated carbocycles. The zero-order valence-electron chi connectivity index (χ0n) is 54.7. The molecule has 2 aliphatic rings. The molecule has 90 heavy (non-hydrogen) atoms. The lowest BCUT2D eigenvalue weighted by Crippen LogP contribution is -2.63. The molecule has 0 bridgehead atoms. The Morgan fingerprint density at radius 3 is 1.80 bits per heavy atom. The molecule has 4 aromatic carbocycles. The Labute approximate surface area is 530 Å². The number of nitrogens with one attached hydrogen (secondary N) is 6. The van der Waals surface area contributed by atoms with Crippen molar-refractivity contribution in [2.75, 3.05) is 27.2 Å². The van der Waals surface area contributed by atoms with Crippen LogP contribution in [0.1, 0.15) is 149 Å². The number of carbonyl (C=O) groups excluding carboxylic acids is 8. The fourth-order valence-corrected chi connectivity index (χ4v) is 12.6. The summed E-state index contributed by atoms with van der Waals surface area (Å²) >= 11 is 0. The maximum Gasteiger partial charge on any atom is 0.410 e. The molecular formula is C68H93N9O12S. The van der Waals surface area contributed by atoms with Crippen molar-refractivity contribution < 1.29 is 56.2 Å². The van der Waals surface area contributed by atoms with Gasteiger partial charge >= 0.3 is 18.2 Å². The summed E-state index contributed by atoms with van der Waals surface area (Å²) in [7, 11) is -1.26. The predicted molar refractivity (Wildman–Crippen MR) is 346 cm³/mol. The van der Waals surface area contributed by atoms with Gasteiger partial charge in [0.1, 0.15) is 36.4 Å². The number of hydrogen-bond donors (Lipinski definition) is 7. The number of amides is 9. The lowest BCUT2D eigenvalue weighted by Gasteiger charge is -2.42. The summed E-state index contributed by atoms with van der Waals surface area (Å²) < 4.78 is 41.0. The summed E-state index contributed by atoms with van der Waals surface area (Å²) in [6.45, 7) is 23.1. The minimum absolute atomic E-state index is 0.0175. The lowest BCUT2D eigenvalue weighted by atomic mass is 9.76. The van der Waals surface area contributed by atoms with Crippen molar-refractivity contribution in [3.63, 3.8) is 0 Å². The number of ether oxygens (including phenoxy) is 2. The Hall–Kier alpha value is -8.27. The van der Waals surface area contributed by atoms with Gasteiger partial charge in [0.2, 0.25) is 33.7 Å². The normalized spacial score (nSPS) is 15.5. The van der Waals surface area contributed by atoms with Crippen LogP contribution in [0.5, 0.6) is 0 Å². The third kappa shape index (κ3) is 18.2. The molecule has 2 aliphatic carbocycles. The zero-order chi connectivity index (χ0) is 66.8. The molecule has 0 radical (unpaired) electrons. The summed E-state index contributed by atoms with van der Waals surface area (Å²) in [5.41, 5.74) is 7.72. The van der Waals surface area contributed by atoms with Crippen molar-refractivity contribution >= 4 is 57.8 Å². The Bertz CT molecular complexity index is 3360. The molecule has 0 aromatic heterocycles. The standard InChI is InChI=1S/C68H93N9O12S/c1-41(2)53(76(14)61(82)55(65(6,7)8)73-60(81)56(77(15)64(85)89-66(9,10)11)67(12,13)45-24-17-16-18-25-45)38-43(5)57(78)75-90(86,87)40-44-31-33-46(34-32-44)68(35-36-68)74-58(79)52(30-23-37-70-62(69)83)71-59(80)54(42(3)4)72-63(84)88-39-51-49-28-21-19-26-47(49)48-27-20-22-29-50(48)51/h16-22,24-29,31-34,38,41-42,51-56H,23,30,35-37,39-40H2,1-15H3,(H,71,80)(H,72,84)(H,73,81)(H,74,79)(H,75,78)(H3,69,70,83)/b43-38+/t52-,53-,54-,55-,56-/m1/s1. The molecule has 22 heteroatoms. The molecule has 4 aromatic rings. The number of carbonyl (C=O) groups is 8. The highest BCUT2D eigenvalue weighted by Gasteiger charge is 2.48. The number of primary amides is 1. The topological polar surface area (TPSA) is 294 Å². The lowest BCUT2D eigenvalue weighted by molar-refractivity contribution is -0.141. The van der Waals surface area contributed by atoms with E-state index in [-0.39, 0.29) is 43.4 Å². The number of benzene rings is 4. The molecule has 0 heterocycles. The van der Waals surface area contributed by atoms with Gasteiger partial charge in [0.15, 0.2) is 0 Å². The number of nitrogens with zero attached hydrogens (tertiary/aromatic N) is 2. The molecule has 9 amide bonds.